The molecule has 0 spiro atoms. The van der Waals surface area contributed by atoms with Crippen LogP contribution in [0.15, 0.2) is 24.3 Å². The van der Waals surface area contributed by atoms with E-state index >= 15 is 0 Å². The first-order valence-corrected chi connectivity index (χ1v) is 9.07. The Morgan fingerprint density at radius 1 is 1.32 bits per heavy atom. The molecule has 3 amide bonds. The molecule has 6 nitrogen and oxygen atoms in total. The third-order valence-electron chi connectivity index (χ3n) is 4.52. The van der Waals surface area contributed by atoms with Crippen LogP contribution in [0.3, 0.4) is 0 Å². The van der Waals surface area contributed by atoms with Gasteiger partial charge < -0.3 is 15.1 Å². The summed E-state index contributed by atoms with van der Waals surface area (Å²) in [7, 11) is 1.49. The molecule has 0 radical (unpaired) electrons. The molecule has 1 aliphatic rings. The summed E-state index contributed by atoms with van der Waals surface area (Å²) in [6.07, 6.45) is -3.69. The summed E-state index contributed by atoms with van der Waals surface area (Å²) in [6, 6.07) is 4.79. The number of carbonyl (C=O) groups is 3. The number of benzene rings is 1. The maximum atomic E-state index is 12.8. The van der Waals surface area contributed by atoms with Gasteiger partial charge in [-0.3, -0.25) is 14.4 Å². The van der Waals surface area contributed by atoms with Crippen LogP contribution in [0.5, 0.6) is 0 Å². The zero-order valence-corrected chi connectivity index (χ0v) is 15.9. The molecule has 1 N–H and O–H groups in total. The second kappa shape index (κ2) is 9.07. The minimum Gasteiger partial charge on any atom is -0.355 e. The molecule has 2 rings (SSSR count). The zero-order valence-electron chi connectivity index (χ0n) is 15.9. The molecule has 0 saturated carbocycles. The highest BCUT2D eigenvalue weighted by Crippen LogP contribution is 2.30. The molecule has 0 bridgehead atoms. The monoisotopic (exact) mass is 399 g/mol. The fourth-order valence-corrected chi connectivity index (χ4v) is 3.08. The molecule has 1 atom stereocenters. The van der Waals surface area contributed by atoms with Crippen molar-refractivity contribution < 1.29 is 27.6 Å². The average molecular weight is 399 g/mol. The fourth-order valence-electron chi connectivity index (χ4n) is 3.08. The second-order valence-corrected chi connectivity index (χ2v) is 6.92. The van der Waals surface area contributed by atoms with Crippen LogP contribution in [0.4, 0.5) is 13.2 Å². The van der Waals surface area contributed by atoms with Gasteiger partial charge in [0.25, 0.3) is 0 Å². The number of amides is 3. The molecular weight excluding hydrogens is 375 g/mol. The molecule has 1 heterocycles. The van der Waals surface area contributed by atoms with Gasteiger partial charge >= 0.3 is 6.18 Å². The molecule has 1 unspecified atom stereocenters. The van der Waals surface area contributed by atoms with Gasteiger partial charge in [0.1, 0.15) is 0 Å². The van der Waals surface area contributed by atoms with Gasteiger partial charge in [-0.25, -0.2) is 0 Å². The lowest BCUT2D eigenvalue weighted by Gasteiger charge is -2.21. The number of likely N-dealkylation sites (tertiary alicyclic amines) is 1. The Balaban J connectivity index is 1.96. The molecule has 1 saturated heterocycles. The van der Waals surface area contributed by atoms with Gasteiger partial charge in [-0.1, -0.05) is 19.1 Å². The predicted octanol–water partition coefficient (Wildman–Crippen LogP) is 2.04. The zero-order chi connectivity index (χ0) is 20.9. The summed E-state index contributed by atoms with van der Waals surface area (Å²) in [5.41, 5.74) is -0.425. The van der Waals surface area contributed by atoms with E-state index in [-0.39, 0.29) is 43.8 Å². The Labute approximate surface area is 161 Å². The molecule has 0 aliphatic carbocycles. The average Bonchev–Trinajstić information content (AvgIpc) is 2.99. The predicted molar refractivity (Wildman–Crippen MR) is 95.9 cm³/mol. The summed E-state index contributed by atoms with van der Waals surface area (Å²) < 4.78 is 38.5. The normalized spacial score (nSPS) is 17.0. The summed E-state index contributed by atoms with van der Waals surface area (Å²) in [5, 5.41) is 2.67. The number of carbonyl (C=O) groups excluding carboxylic acids is 3. The summed E-state index contributed by atoms with van der Waals surface area (Å²) in [5.74, 6) is -1.50. The number of rotatable bonds is 7. The molecule has 1 aromatic carbocycles. The van der Waals surface area contributed by atoms with Crippen molar-refractivity contribution in [3.8, 4) is 0 Å². The first kappa shape index (κ1) is 21.7. The quantitative estimate of drug-likeness (QED) is 0.763. The third-order valence-corrected chi connectivity index (χ3v) is 4.52. The Morgan fingerprint density at radius 3 is 2.68 bits per heavy atom. The maximum absolute atomic E-state index is 12.8. The van der Waals surface area contributed by atoms with Crippen LogP contribution >= 0.6 is 0 Å². The van der Waals surface area contributed by atoms with E-state index < -0.39 is 17.7 Å². The number of nitrogens with one attached hydrogen (secondary N) is 1. The van der Waals surface area contributed by atoms with Crippen LogP contribution in [0.2, 0.25) is 0 Å². The van der Waals surface area contributed by atoms with Crippen molar-refractivity contribution in [3.05, 3.63) is 35.4 Å². The second-order valence-electron chi connectivity index (χ2n) is 6.92. The Kier molecular flexibility index (Phi) is 7.04. The van der Waals surface area contributed by atoms with Crippen molar-refractivity contribution in [1.82, 2.24) is 15.1 Å². The van der Waals surface area contributed by atoms with E-state index in [9.17, 15) is 27.6 Å². The van der Waals surface area contributed by atoms with Crippen LogP contribution in [-0.4, -0.2) is 54.2 Å². The molecule has 154 valence electrons. The molecule has 1 aromatic rings. The number of hydrogen-bond acceptors (Lipinski definition) is 3. The van der Waals surface area contributed by atoms with Crippen molar-refractivity contribution in [2.75, 3.05) is 26.7 Å². The van der Waals surface area contributed by atoms with Crippen LogP contribution in [0, 0.1) is 5.92 Å². The van der Waals surface area contributed by atoms with Gasteiger partial charge in [0, 0.05) is 33.1 Å². The number of hydrogen-bond donors (Lipinski definition) is 1. The first-order valence-electron chi connectivity index (χ1n) is 9.07. The van der Waals surface area contributed by atoms with Gasteiger partial charge in [0.2, 0.25) is 17.7 Å². The van der Waals surface area contributed by atoms with Crippen molar-refractivity contribution in [2.24, 2.45) is 5.92 Å². The Hall–Kier alpha value is -2.58. The summed E-state index contributed by atoms with van der Waals surface area (Å²) >= 11 is 0. The van der Waals surface area contributed by atoms with E-state index in [4.69, 9.17) is 0 Å². The minimum absolute atomic E-state index is 0.00718. The van der Waals surface area contributed by atoms with E-state index in [1.165, 1.54) is 29.0 Å². The highest BCUT2D eigenvalue weighted by molar-refractivity contribution is 5.91. The van der Waals surface area contributed by atoms with Gasteiger partial charge in [-0.15, -0.1) is 0 Å². The topological polar surface area (TPSA) is 69.7 Å². The van der Waals surface area contributed by atoms with E-state index in [0.717, 1.165) is 18.6 Å². The van der Waals surface area contributed by atoms with E-state index in [1.807, 2.05) is 6.92 Å². The fraction of sp³-hybridized carbons (Fsp3) is 0.526. The molecule has 1 aliphatic heterocycles. The van der Waals surface area contributed by atoms with E-state index in [2.05, 4.69) is 5.32 Å². The minimum atomic E-state index is -4.45. The Bertz CT molecular complexity index is 737. The van der Waals surface area contributed by atoms with Gasteiger partial charge in [-0.2, -0.15) is 13.2 Å². The van der Waals surface area contributed by atoms with Crippen LogP contribution in [-0.2, 0) is 27.1 Å². The molecule has 28 heavy (non-hydrogen) atoms. The molecule has 9 heteroatoms. The molecule has 1 fully saturated rings. The molecule has 0 aromatic heterocycles. The van der Waals surface area contributed by atoms with Gasteiger partial charge in [-0.05, 0) is 24.1 Å². The number of halogens is 3. The van der Waals surface area contributed by atoms with Crippen LogP contribution in [0.1, 0.15) is 30.9 Å². The lowest BCUT2D eigenvalue weighted by atomic mass is 10.1. The summed E-state index contributed by atoms with van der Waals surface area (Å²) in [6.45, 7) is 2.46. The Morgan fingerprint density at radius 2 is 2.04 bits per heavy atom. The standard InChI is InChI=1S/C19H24F3N3O3/c1-3-7-23-16(26)12-24(2)18(28)14-9-17(27)25(11-14)10-13-5-4-6-15(8-13)19(20,21)22/h4-6,8,14H,3,7,9-12H2,1-2H3,(H,23,26). The van der Waals surface area contributed by atoms with Gasteiger partial charge in [0.05, 0.1) is 18.0 Å². The lowest BCUT2D eigenvalue weighted by molar-refractivity contribution is -0.138. The highest BCUT2D eigenvalue weighted by Gasteiger charge is 2.36. The van der Waals surface area contributed by atoms with E-state index in [1.54, 1.807) is 0 Å². The number of alkyl halides is 3. The highest BCUT2D eigenvalue weighted by atomic mass is 19.4. The molecular formula is C19H24F3N3O3. The van der Waals surface area contributed by atoms with Crippen molar-refractivity contribution in [2.45, 2.75) is 32.5 Å². The van der Waals surface area contributed by atoms with Crippen molar-refractivity contribution in [1.29, 1.82) is 0 Å². The lowest BCUT2D eigenvalue weighted by Crippen LogP contribution is -2.41. The SMILES string of the molecule is CCCNC(=O)CN(C)C(=O)C1CC(=O)N(Cc2cccc(C(F)(F)F)c2)C1. The third kappa shape index (κ3) is 5.71. The van der Waals surface area contributed by atoms with Crippen molar-refractivity contribution >= 4 is 17.7 Å². The van der Waals surface area contributed by atoms with Crippen molar-refractivity contribution in [3.63, 3.8) is 0 Å². The number of likely N-dealkylation sites (N-methyl/N-ethyl adjacent to an activating group) is 1. The van der Waals surface area contributed by atoms with Crippen LogP contribution in [0.25, 0.3) is 0 Å². The largest absolute Gasteiger partial charge is 0.416 e. The maximum Gasteiger partial charge on any atom is 0.416 e. The van der Waals surface area contributed by atoms with E-state index in [0.29, 0.717) is 12.1 Å². The first-order chi connectivity index (χ1) is 13.1. The van der Waals surface area contributed by atoms with Gasteiger partial charge in [0.15, 0.2) is 0 Å². The summed E-state index contributed by atoms with van der Waals surface area (Å²) in [4.78, 5) is 39.1. The smallest absolute Gasteiger partial charge is 0.355 e. The van der Waals surface area contributed by atoms with Crippen LogP contribution < -0.4 is 5.32 Å². The number of nitrogens with zero attached hydrogens (tertiary/aromatic N) is 2.